The van der Waals surface area contributed by atoms with Gasteiger partial charge in [-0.3, -0.25) is 4.18 Å². The summed E-state index contributed by atoms with van der Waals surface area (Å²) in [7, 11) is -3.88. The summed E-state index contributed by atoms with van der Waals surface area (Å²) in [6.07, 6.45) is 2.62. The van der Waals surface area contributed by atoms with Crippen molar-refractivity contribution in [2.45, 2.75) is 38.8 Å². The Kier molecular flexibility index (Phi) is 6.25. The lowest BCUT2D eigenvalue weighted by Crippen LogP contribution is -2.21. The summed E-state index contributed by atoms with van der Waals surface area (Å²) in [6, 6.07) is 12.2. The zero-order valence-electron chi connectivity index (χ0n) is 15.3. The van der Waals surface area contributed by atoms with Crippen molar-refractivity contribution in [2.24, 2.45) is 11.1 Å². The topological polar surface area (TPSA) is 119 Å². The Morgan fingerprint density at radius 1 is 1.19 bits per heavy atom. The molecule has 0 aliphatic heterocycles. The molecular weight excluding hydrogens is 366 g/mol. The predicted molar refractivity (Wildman–Crippen MR) is 104 cm³/mol. The summed E-state index contributed by atoms with van der Waals surface area (Å²) in [5.74, 6) is 2.37. The van der Waals surface area contributed by atoms with E-state index in [-0.39, 0.29) is 18.6 Å². The van der Waals surface area contributed by atoms with Gasteiger partial charge in [0.15, 0.2) is 0 Å². The molecule has 0 bridgehead atoms. The summed E-state index contributed by atoms with van der Waals surface area (Å²) >= 11 is 0. The van der Waals surface area contributed by atoms with Gasteiger partial charge in [-0.1, -0.05) is 30.3 Å². The molecule has 27 heavy (non-hydrogen) atoms. The molecule has 2 aromatic rings. The van der Waals surface area contributed by atoms with Crippen LogP contribution < -0.4 is 15.8 Å². The standard InChI is InChI=1S/C18H25N5O3S/c1-13-21-17(20-11-14-5-3-2-4-6-14)10-18(22-13)23-16-8-7-15(9-16)12-26-27(19,24)25/h2-6,10,15-16H,7-9,11-12H2,1H3,(H2,19,24,25)(H2,20,21,22,23)/t15-,16+/m1/s1. The number of nitrogens with two attached hydrogens (primary N) is 1. The van der Waals surface area contributed by atoms with Crippen LogP contribution in [0.4, 0.5) is 11.6 Å². The highest BCUT2D eigenvalue weighted by Crippen LogP contribution is 2.28. The van der Waals surface area contributed by atoms with Crippen LogP contribution in [0.15, 0.2) is 36.4 Å². The molecule has 3 rings (SSSR count). The molecule has 1 aromatic heterocycles. The van der Waals surface area contributed by atoms with Crippen LogP contribution in [-0.2, 0) is 21.0 Å². The Labute approximate surface area is 159 Å². The molecule has 1 saturated carbocycles. The van der Waals surface area contributed by atoms with Crippen LogP contribution in [0.25, 0.3) is 0 Å². The molecular formula is C18H25N5O3S. The molecule has 0 unspecified atom stereocenters. The van der Waals surface area contributed by atoms with Gasteiger partial charge in [-0.2, -0.15) is 8.42 Å². The average Bonchev–Trinajstić information content (AvgIpc) is 3.05. The molecule has 1 aromatic carbocycles. The maximum atomic E-state index is 10.9. The van der Waals surface area contributed by atoms with E-state index in [1.165, 1.54) is 5.56 Å². The van der Waals surface area contributed by atoms with Gasteiger partial charge in [-0.25, -0.2) is 15.1 Å². The first kappa shape index (κ1) is 19.5. The zero-order chi connectivity index (χ0) is 19.3. The number of benzene rings is 1. The first-order valence-electron chi connectivity index (χ1n) is 8.94. The molecule has 4 N–H and O–H groups in total. The van der Waals surface area contributed by atoms with Crippen molar-refractivity contribution in [3.8, 4) is 0 Å². The molecule has 0 saturated heterocycles. The van der Waals surface area contributed by atoms with E-state index in [0.717, 1.165) is 30.9 Å². The maximum Gasteiger partial charge on any atom is 0.333 e. The minimum atomic E-state index is -3.88. The van der Waals surface area contributed by atoms with Gasteiger partial charge in [0.25, 0.3) is 0 Å². The van der Waals surface area contributed by atoms with E-state index in [0.29, 0.717) is 12.4 Å². The summed E-state index contributed by atoms with van der Waals surface area (Å²) in [5, 5.41) is 11.6. The van der Waals surface area contributed by atoms with Gasteiger partial charge in [0.2, 0.25) is 0 Å². The second kappa shape index (κ2) is 8.64. The molecule has 146 valence electrons. The average molecular weight is 391 g/mol. The van der Waals surface area contributed by atoms with Gasteiger partial charge in [-0.05, 0) is 37.7 Å². The molecule has 1 heterocycles. The molecule has 1 fully saturated rings. The van der Waals surface area contributed by atoms with Crippen LogP contribution in [0.3, 0.4) is 0 Å². The second-order valence-electron chi connectivity index (χ2n) is 6.82. The fraction of sp³-hybridized carbons (Fsp3) is 0.444. The number of anilines is 2. The van der Waals surface area contributed by atoms with Crippen molar-refractivity contribution in [3.63, 3.8) is 0 Å². The van der Waals surface area contributed by atoms with Crippen molar-refractivity contribution in [2.75, 3.05) is 17.2 Å². The smallest absolute Gasteiger partial charge is 0.333 e. The number of aryl methyl sites for hydroxylation is 1. The van der Waals surface area contributed by atoms with E-state index >= 15 is 0 Å². The highest BCUT2D eigenvalue weighted by molar-refractivity contribution is 7.84. The predicted octanol–water partition coefficient (Wildman–Crippen LogP) is 2.20. The van der Waals surface area contributed by atoms with Crippen molar-refractivity contribution in [1.29, 1.82) is 0 Å². The lowest BCUT2D eigenvalue weighted by molar-refractivity contribution is 0.256. The van der Waals surface area contributed by atoms with Gasteiger partial charge in [0.1, 0.15) is 17.5 Å². The Bertz CT molecular complexity index is 861. The van der Waals surface area contributed by atoms with Crippen molar-refractivity contribution >= 4 is 21.9 Å². The molecule has 0 amide bonds. The number of aromatic nitrogens is 2. The van der Waals surface area contributed by atoms with E-state index in [1.807, 2.05) is 31.2 Å². The minimum absolute atomic E-state index is 0.129. The Balaban J connectivity index is 1.55. The highest BCUT2D eigenvalue weighted by Gasteiger charge is 2.26. The second-order valence-corrected chi connectivity index (χ2v) is 8.04. The lowest BCUT2D eigenvalue weighted by atomic mass is 10.1. The van der Waals surface area contributed by atoms with Gasteiger partial charge < -0.3 is 10.6 Å². The molecule has 0 spiro atoms. The number of nitrogens with zero attached hydrogens (tertiary/aromatic N) is 2. The largest absolute Gasteiger partial charge is 0.367 e. The van der Waals surface area contributed by atoms with Crippen LogP contribution in [-0.4, -0.2) is 31.0 Å². The third kappa shape index (κ3) is 6.46. The van der Waals surface area contributed by atoms with E-state index in [4.69, 9.17) is 9.32 Å². The SMILES string of the molecule is Cc1nc(NCc2ccccc2)cc(N[C@H]2CC[C@@H](COS(N)(=O)=O)C2)n1. The van der Waals surface area contributed by atoms with Crippen LogP contribution in [0, 0.1) is 12.8 Å². The molecule has 9 heteroatoms. The van der Waals surface area contributed by atoms with E-state index in [9.17, 15) is 8.42 Å². The Morgan fingerprint density at radius 3 is 2.67 bits per heavy atom. The summed E-state index contributed by atoms with van der Waals surface area (Å²) in [4.78, 5) is 8.89. The van der Waals surface area contributed by atoms with E-state index in [1.54, 1.807) is 0 Å². The first-order chi connectivity index (χ1) is 12.9. The molecule has 0 radical (unpaired) electrons. The van der Waals surface area contributed by atoms with Crippen molar-refractivity contribution in [3.05, 3.63) is 47.8 Å². The van der Waals surface area contributed by atoms with Gasteiger partial charge in [0, 0.05) is 18.7 Å². The number of nitrogens with one attached hydrogen (secondary N) is 2. The Hall–Kier alpha value is -2.23. The molecule has 8 nitrogen and oxygen atoms in total. The number of hydrogen-bond donors (Lipinski definition) is 3. The van der Waals surface area contributed by atoms with Crippen LogP contribution in [0.1, 0.15) is 30.7 Å². The van der Waals surface area contributed by atoms with Gasteiger partial charge in [-0.15, -0.1) is 0 Å². The third-order valence-corrected chi connectivity index (χ3v) is 4.98. The normalized spacial score (nSPS) is 19.8. The van der Waals surface area contributed by atoms with Crippen LogP contribution >= 0.6 is 0 Å². The van der Waals surface area contributed by atoms with Crippen LogP contribution in [0.5, 0.6) is 0 Å². The van der Waals surface area contributed by atoms with Crippen molar-refractivity contribution in [1.82, 2.24) is 9.97 Å². The quantitative estimate of drug-likeness (QED) is 0.631. The van der Waals surface area contributed by atoms with Crippen LogP contribution in [0.2, 0.25) is 0 Å². The summed E-state index contributed by atoms with van der Waals surface area (Å²) < 4.78 is 26.5. The zero-order valence-corrected chi connectivity index (χ0v) is 16.1. The summed E-state index contributed by atoms with van der Waals surface area (Å²) in [6.45, 7) is 2.67. The van der Waals surface area contributed by atoms with Gasteiger partial charge >= 0.3 is 10.3 Å². The maximum absolute atomic E-state index is 10.9. The number of rotatable bonds is 8. The van der Waals surface area contributed by atoms with E-state index in [2.05, 4.69) is 32.7 Å². The monoisotopic (exact) mass is 391 g/mol. The fourth-order valence-corrected chi connectivity index (χ4v) is 3.66. The molecule has 1 aliphatic carbocycles. The lowest BCUT2D eigenvalue weighted by Gasteiger charge is -2.15. The minimum Gasteiger partial charge on any atom is -0.367 e. The summed E-state index contributed by atoms with van der Waals surface area (Å²) in [5.41, 5.74) is 1.18. The van der Waals surface area contributed by atoms with E-state index < -0.39 is 10.3 Å². The molecule has 1 aliphatic rings. The third-order valence-electron chi connectivity index (χ3n) is 4.52. The Morgan fingerprint density at radius 2 is 1.93 bits per heavy atom. The fourth-order valence-electron chi connectivity index (χ4n) is 3.28. The highest BCUT2D eigenvalue weighted by atomic mass is 32.2. The van der Waals surface area contributed by atoms with Crippen molar-refractivity contribution < 1.29 is 12.6 Å². The van der Waals surface area contributed by atoms with Gasteiger partial charge in [0.05, 0.1) is 6.61 Å². The first-order valence-corrected chi connectivity index (χ1v) is 10.4. The molecule has 2 atom stereocenters. The number of hydrogen-bond acceptors (Lipinski definition) is 7.